The molecule has 0 fully saturated rings. The Kier molecular flexibility index (Phi) is 14.5. The fraction of sp³-hybridized carbons (Fsp3) is 0.480. The molecule has 3 rings (SSSR count). The van der Waals surface area contributed by atoms with Crippen LogP contribution in [0.4, 0.5) is 0 Å². The third-order valence-electron chi connectivity index (χ3n) is 5.29. The summed E-state index contributed by atoms with van der Waals surface area (Å²) in [5.41, 5.74) is 3.52. The van der Waals surface area contributed by atoms with Crippen molar-refractivity contribution >= 4 is 46.4 Å². The van der Waals surface area contributed by atoms with Gasteiger partial charge in [-0.25, -0.2) is 0 Å². The van der Waals surface area contributed by atoms with E-state index in [9.17, 15) is 15.0 Å². The monoisotopic (exact) mass is 545 g/mol. The molecule has 7 nitrogen and oxygen atoms in total. The number of nitrogens with one attached hydrogen (secondary N) is 3. The Bertz CT molecular complexity index is 1070. The van der Waals surface area contributed by atoms with Crippen LogP contribution >= 0.6 is 36.2 Å². The second-order valence-electron chi connectivity index (χ2n) is 8.68. The Morgan fingerprint density at radius 1 is 1.09 bits per heavy atom. The summed E-state index contributed by atoms with van der Waals surface area (Å²) in [6.07, 6.45) is 1.09. The van der Waals surface area contributed by atoms with E-state index in [1.807, 2.05) is 0 Å². The van der Waals surface area contributed by atoms with Gasteiger partial charge in [-0.2, -0.15) is 0 Å². The number of phenols is 1. The average molecular weight is 547 g/mol. The maximum Gasteiger partial charge on any atom is 0.305 e. The third-order valence-corrected chi connectivity index (χ3v) is 6.22. The van der Waals surface area contributed by atoms with Crippen molar-refractivity contribution < 1.29 is 14.9 Å². The van der Waals surface area contributed by atoms with Gasteiger partial charge in [0.1, 0.15) is 11.3 Å². The number of aliphatic hydroxyl groups is 1. The van der Waals surface area contributed by atoms with Crippen LogP contribution in [0.15, 0.2) is 41.2 Å². The number of aromatic amines is 1. The first kappa shape index (κ1) is 31.4. The first-order chi connectivity index (χ1) is 15.9. The fourth-order valence-electron chi connectivity index (χ4n) is 3.63. The lowest BCUT2D eigenvalue weighted by molar-refractivity contribution is 0.108. The van der Waals surface area contributed by atoms with E-state index in [-0.39, 0.29) is 35.4 Å². The molecule has 0 saturated carbocycles. The Morgan fingerprint density at radius 3 is 2.63 bits per heavy atom. The third kappa shape index (κ3) is 10.1. The van der Waals surface area contributed by atoms with Crippen LogP contribution in [-0.2, 0) is 17.7 Å². The number of hydrogen-bond donors (Lipinski definition) is 5. The highest BCUT2D eigenvalue weighted by atomic mass is 35.5. The van der Waals surface area contributed by atoms with Crippen LogP contribution in [0.5, 0.6) is 5.75 Å². The summed E-state index contributed by atoms with van der Waals surface area (Å²) in [4.78, 5) is 14.0. The van der Waals surface area contributed by atoms with Gasteiger partial charge in [0.2, 0.25) is 0 Å². The number of hydrogen-bond acceptors (Lipinski definition) is 7. The van der Waals surface area contributed by atoms with Crippen LogP contribution < -0.4 is 15.5 Å². The number of thiazole rings is 1. The molecule has 1 aromatic heterocycles. The van der Waals surface area contributed by atoms with E-state index in [1.54, 1.807) is 6.07 Å². The van der Waals surface area contributed by atoms with E-state index < -0.39 is 6.10 Å². The zero-order valence-electron chi connectivity index (χ0n) is 20.2. The lowest BCUT2D eigenvalue weighted by Crippen LogP contribution is -2.24. The molecule has 0 saturated heterocycles. The summed E-state index contributed by atoms with van der Waals surface area (Å²) in [5, 5.41) is 27.3. The maximum absolute atomic E-state index is 11.7. The van der Waals surface area contributed by atoms with Crippen molar-refractivity contribution in [2.45, 2.75) is 39.3 Å². The minimum Gasteiger partial charge on any atom is -0.506 e. The molecular formula is C25H37Cl2N3O4S. The standard InChI is InChI=1S/C25H35N3O4S.2ClH/c1-17(2)16-32-12-4-10-26-14-19-6-3-5-18(13-19)9-11-27-15-22(30)20-7-8-21(29)23-24(20)33-25(31)28-23;;/h3,5-8,13,17,22,26-27,29-30H,4,9-12,14-16H2,1-2H3,(H,28,31);2*1H/t22-;;/m0../s1. The van der Waals surface area contributed by atoms with Gasteiger partial charge in [0.05, 0.1) is 10.8 Å². The van der Waals surface area contributed by atoms with Gasteiger partial charge in [0.25, 0.3) is 0 Å². The molecule has 1 atom stereocenters. The van der Waals surface area contributed by atoms with Crippen molar-refractivity contribution in [3.63, 3.8) is 0 Å². The van der Waals surface area contributed by atoms with Gasteiger partial charge >= 0.3 is 4.87 Å². The predicted octanol–water partition coefficient (Wildman–Crippen LogP) is 4.16. The lowest BCUT2D eigenvalue weighted by Gasteiger charge is -2.14. The largest absolute Gasteiger partial charge is 0.506 e. The highest BCUT2D eigenvalue weighted by Crippen LogP contribution is 2.31. The molecule has 2 aromatic carbocycles. The first-order valence-corrected chi connectivity index (χ1v) is 12.4. The zero-order chi connectivity index (χ0) is 23.6. The Morgan fingerprint density at radius 2 is 1.86 bits per heavy atom. The van der Waals surface area contributed by atoms with Gasteiger partial charge in [0.15, 0.2) is 0 Å². The average Bonchev–Trinajstić information content (AvgIpc) is 3.18. The highest BCUT2D eigenvalue weighted by molar-refractivity contribution is 7.16. The molecule has 0 amide bonds. The number of aromatic nitrogens is 1. The second-order valence-corrected chi connectivity index (χ2v) is 9.66. The van der Waals surface area contributed by atoms with Crippen molar-refractivity contribution in [3.05, 3.63) is 62.8 Å². The van der Waals surface area contributed by atoms with Crippen molar-refractivity contribution in [3.8, 4) is 5.75 Å². The number of aromatic hydroxyl groups is 1. The van der Waals surface area contributed by atoms with Gasteiger partial charge in [-0.15, -0.1) is 24.8 Å². The van der Waals surface area contributed by atoms with Crippen LogP contribution in [0.3, 0.4) is 0 Å². The number of phenolic OH excluding ortho intramolecular Hbond substituents is 1. The number of aliphatic hydroxyl groups excluding tert-OH is 1. The highest BCUT2D eigenvalue weighted by Gasteiger charge is 2.15. The molecule has 3 aromatic rings. The van der Waals surface area contributed by atoms with Crippen molar-refractivity contribution in [2.24, 2.45) is 5.92 Å². The summed E-state index contributed by atoms with van der Waals surface area (Å²) in [6.45, 7) is 8.79. The molecule has 0 aliphatic heterocycles. The smallest absolute Gasteiger partial charge is 0.305 e. The van der Waals surface area contributed by atoms with Gasteiger partial charge < -0.3 is 30.6 Å². The van der Waals surface area contributed by atoms with E-state index in [0.717, 1.165) is 57.0 Å². The molecule has 196 valence electrons. The Balaban J connectivity index is 0.00000306. The molecule has 0 bridgehead atoms. The molecule has 0 aliphatic rings. The number of rotatable bonds is 14. The molecule has 0 unspecified atom stereocenters. The number of benzene rings is 2. The second kappa shape index (κ2) is 16.2. The number of ether oxygens (including phenoxy) is 1. The quantitative estimate of drug-likeness (QED) is 0.195. The lowest BCUT2D eigenvalue weighted by atomic mass is 10.1. The first-order valence-electron chi connectivity index (χ1n) is 11.5. The Hall–Kier alpha value is -1.65. The van der Waals surface area contributed by atoms with Crippen molar-refractivity contribution in [1.29, 1.82) is 0 Å². The molecule has 10 heteroatoms. The minimum atomic E-state index is -0.764. The van der Waals surface area contributed by atoms with Crippen LogP contribution in [0.1, 0.15) is 43.1 Å². The van der Waals surface area contributed by atoms with Gasteiger partial charge in [0, 0.05) is 31.9 Å². The summed E-state index contributed by atoms with van der Waals surface area (Å²) < 4.78 is 6.20. The summed E-state index contributed by atoms with van der Waals surface area (Å²) >= 11 is 1.000. The van der Waals surface area contributed by atoms with Gasteiger partial charge in [-0.1, -0.05) is 55.5 Å². The summed E-state index contributed by atoms with van der Waals surface area (Å²) in [7, 11) is 0. The van der Waals surface area contributed by atoms with Gasteiger partial charge in [-0.05, 0) is 49.0 Å². The topological polar surface area (TPSA) is 107 Å². The molecule has 35 heavy (non-hydrogen) atoms. The maximum atomic E-state index is 11.7. The Labute approximate surface area is 223 Å². The molecule has 5 N–H and O–H groups in total. The van der Waals surface area contributed by atoms with Gasteiger partial charge in [-0.3, -0.25) is 4.79 Å². The number of halogens is 2. The molecule has 0 radical (unpaired) electrons. The van der Waals surface area contributed by atoms with Crippen molar-refractivity contribution in [1.82, 2.24) is 15.6 Å². The minimum absolute atomic E-state index is 0. The number of fused-ring (bicyclic) bond motifs is 1. The van der Waals surface area contributed by atoms with Crippen LogP contribution in [-0.4, -0.2) is 48.0 Å². The summed E-state index contributed by atoms with van der Waals surface area (Å²) in [5.74, 6) is 0.593. The molecule has 0 spiro atoms. The van der Waals surface area contributed by atoms with E-state index in [4.69, 9.17) is 4.74 Å². The molecule has 1 heterocycles. The fourth-order valence-corrected chi connectivity index (χ4v) is 4.55. The van der Waals surface area contributed by atoms with Crippen molar-refractivity contribution in [2.75, 3.05) is 32.8 Å². The zero-order valence-corrected chi connectivity index (χ0v) is 22.7. The van der Waals surface area contributed by atoms with E-state index in [0.29, 0.717) is 28.2 Å². The normalized spacial score (nSPS) is 11.9. The van der Waals surface area contributed by atoms with E-state index in [2.05, 4.69) is 53.7 Å². The van der Waals surface area contributed by atoms with E-state index in [1.165, 1.54) is 17.2 Å². The van der Waals surface area contributed by atoms with Crippen LogP contribution in [0.25, 0.3) is 10.2 Å². The van der Waals surface area contributed by atoms with Crippen LogP contribution in [0, 0.1) is 5.92 Å². The van der Waals surface area contributed by atoms with Crippen LogP contribution in [0.2, 0.25) is 0 Å². The number of H-pyrrole nitrogens is 1. The SMILES string of the molecule is CC(C)COCCCNCc1cccc(CCNC[C@H](O)c2ccc(O)c3[nH]c(=O)sc23)c1.Cl.Cl. The molecular weight excluding hydrogens is 509 g/mol. The molecule has 0 aliphatic carbocycles. The van der Waals surface area contributed by atoms with E-state index >= 15 is 0 Å². The predicted molar refractivity (Wildman–Crippen MR) is 149 cm³/mol. The summed E-state index contributed by atoms with van der Waals surface area (Å²) in [6, 6.07) is 11.7.